The van der Waals surface area contributed by atoms with Crippen molar-refractivity contribution in [1.29, 1.82) is 0 Å². The van der Waals surface area contributed by atoms with Crippen LogP contribution in [0.1, 0.15) is 35.7 Å². The van der Waals surface area contributed by atoms with Crippen LogP contribution in [-0.2, 0) is 16.1 Å². The molecule has 0 radical (unpaired) electrons. The first-order valence-electron chi connectivity index (χ1n) is 11.4. The van der Waals surface area contributed by atoms with Gasteiger partial charge in [-0.2, -0.15) is 0 Å². The molecule has 0 saturated carbocycles. The van der Waals surface area contributed by atoms with E-state index in [0.717, 1.165) is 5.56 Å². The minimum Gasteiger partial charge on any atom is -0.493 e. The zero-order chi connectivity index (χ0) is 26.2. The Labute approximate surface area is 222 Å². The number of rotatable bonds is 11. The van der Waals surface area contributed by atoms with Gasteiger partial charge in [0.05, 0.1) is 35.9 Å². The Bertz CT molecular complexity index is 1100. The fraction of sp³-hybridized carbons (Fsp3) is 0.400. The highest BCUT2D eigenvalue weighted by molar-refractivity contribution is 14.1. The molecule has 1 heterocycles. The van der Waals surface area contributed by atoms with E-state index < -0.39 is 24.2 Å². The number of halogens is 1. The molecule has 0 saturated heterocycles. The minimum absolute atomic E-state index is 0.0560. The third kappa shape index (κ3) is 6.45. The first kappa shape index (κ1) is 27.7. The molecule has 3 unspecified atom stereocenters. The van der Waals surface area contributed by atoms with Gasteiger partial charge >= 0.3 is 0 Å². The number of amides is 2. The number of hydrogen-bond acceptors (Lipinski definition) is 8. The molecule has 1 aliphatic rings. The molecule has 2 amide bonds. The van der Waals surface area contributed by atoms with Crippen molar-refractivity contribution in [1.82, 2.24) is 10.2 Å². The molecule has 3 atom stereocenters. The summed E-state index contributed by atoms with van der Waals surface area (Å²) in [7, 11) is 1.43. The zero-order valence-corrected chi connectivity index (χ0v) is 22.1. The molecule has 2 aromatic rings. The molecular formula is C25H29IN2O8. The number of nitrogens with one attached hydrogen (secondary N) is 1. The number of methoxy groups -OCH3 is 1. The first-order chi connectivity index (χ1) is 17.3. The number of benzene rings is 1. The average Bonchev–Trinajstić information content (AvgIpc) is 3.40. The van der Waals surface area contributed by atoms with Crippen molar-refractivity contribution >= 4 is 40.7 Å². The van der Waals surface area contributed by atoms with Crippen molar-refractivity contribution in [3.05, 3.63) is 57.1 Å². The number of ether oxygens (including phenoxy) is 2. The van der Waals surface area contributed by atoms with Crippen molar-refractivity contribution in [2.24, 2.45) is 0 Å². The minimum atomic E-state index is -1.19. The lowest BCUT2D eigenvalue weighted by Crippen LogP contribution is -2.54. The lowest BCUT2D eigenvalue weighted by molar-refractivity contribution is -0.139. The van der Waals surface area contributed by atoms with Gasteiger partial charge in [-0.15, -0.1) is 0 Å². The number of aliphatic hydroxyl groups is 2. The van der Waals surface area contributed by atoms with Gasteiger partial charge in [0.1, 0.15) is 18.5 Å². The molecule has 0 aliphatic heterocycles. The number of furan rings is 1. The molecule has 1 aromatic carbocycles. The molecule has 10 nitrogen and oxygen atoms in total. The van der Waals surface area contributed by atoms with Crippen LogP contribution in [0, 0.1) is 3.57 Å². The van der Waals surface area contributed by atoms with E-state index in [1.54, 1.807) is 19.1 Å². The van der Waals surface area contributed by atoms with Crippen LogP contribution in [0.5, 0.6) is 11.5 Å². The van der Waals surface area contributed by atoms with E-state index >= 15 is 0 Å². The van der Waals surface area contributed by atoms with Crippen molar-refractivity contribution < 1.29 is 38.5 Å². The summed E-state index contributed by atoms with van der Waals surface area (Å²) in [5, 5.41) is 23.1. The van der Waals surface area contributed by atoms with E-state index in [1.165, 1.54) is 36.7 Å². The summed E-state index contributed by atoms with van der Waals surface area (Å²) < 4.78 is 17.3. The van der Waals surface area contributed by atoms with Crippen molar-refractivity contribution in [2.45, 2.75) is 44.6 Å². The number of hydrogen-bond donors (Lipinski definition) is 3. The third-order valence-corrected chi connectivity index (χ3v) is 6.61. The standard InChI is InChI=1S/C25H29IN2O8/c1-3-22(31)28(12-15-4-7-35-14-15)19-10-17(25(33)27-5-6-29)11-20(23(19)32)36-24-18(26)8-16(13-30)9-21(24)34-2/h4,7-9,11,13-14,19-20,23,29,32H,3,5-6,10,12H2,1-2H3,(H,27,33). The molecule has 3 rings (SSSR count). The second kappa shape index (κ2) is 12.9. The first-order valence-corrected chi connectivity index (χ1v) is 12.5. The smallest absolute Gasteiger partial charge is 0.247 e. The number of carbonyl (C=O) groups excluding carboxylic acids is 3. The molecule has 0 bridgehead atoms. The van der Waals surface area contributed by atoms with E-state index in [-0.39, 0.29) is 44.2 Å². The fourth-order valence-corrected chi connectivity index (χ4v) is 4.76. The van der Waals surface area contributed by atoms with Gasteiger partial charge in [-0.05, 0) is 46.9 Å². The highest BCUT2D eigenvalue weighted by Gasteiger charge is 2.40. The maximum absolute atomic E-state index is 13.0. The fourth-order valence-electron chi connectivity index (χ4n) is 4.01. The SMILES string of the molecule is CCC(=O)N(Cc1ccoc1)C1CC(C(=O)NCCO)=CC(Oc2c(I)cc(C=O)cc2OC)C1O. The van der Waals surface area contributed by atoms with Gasteiger partial charge in [-0.1, -0.05) is 6.92 Å². The van der Waals surface area contributed by atoms with Crippen LogP contribution >= 0.6 is 22.6 Å². The van der Waals surface area contributed by atoms with Crippen LogP contribution < -0.4 is 14.8 Å². The lowest BCUT2D eigenvalue weighted by Gasteiger charge is -2.40. The number of nitrogens with zero attached hydrogens (tertiary/aromatic N) is 1. The molecule has 1 aromatic heterocycles. The predicted octanol–water partition coefficient (Wildman–Crippen LogP) is 2.06. The average molecular weight is 612 g/mol. The quantitative estimate of drug-likeness (QED) is 0.259. The zero-order valence-electron chi connectivity index (χ0n) is 20.0. The molecular weight excluding hydrogens is 583 g/mol. The second-order valence-corrected chi connectivity index (χ2v) is 9.34. The summed E-state index contributed by atoms with van der Waals surface area (Å²) >= 11 is 2.00. The Morgan fingerprint density at radius 3 is 2.75 bits per heavy atom. The summed E-state index contributed by atoms with van der Waals surface area (Å²) in [5.74, 6) is -0.0564. The third-order valence-electron chi connectivity index (χ3n) is 5.81. The monoisotopic (exact) mass is 612 g/mol. The van der Waals surface area contributed by atoms with Crippen molar-refractivity contribution in [2.75, 3.05) is 20.3 Å². The van der Waals surface area contributed by atoms with E-state index in [1.807, 2.05) is 22.6 Å². The van der Waals surface area contributed by atoms with Crippen LogP contribution in [0.3, 0.4) is 0 Å². The largest absolute Gasteiger partial charge is 0.493 e. The summed E-state index contributed by atoms with van der Waals surface area (Å²) in [5.41, 5.74) is 1.44. The van der Waals surface area contributed by atoms with Gasteiger partial charge in [0.25, 0.3) is 0 Å². The second-order valence-electron chi connectivity index (χ2n) is 8.17. The maximum atomic E-state index is 13.0. The summed E-state index contributed by atoms with van der Waals surface area (Å²) in [6.07, 6.45) is 3.30. The highest BCUT2D eigenvalue weighted by atomic mass is 127. The molecule has 1 aliphatic carbocycles. The van der Waals surface area contributed by atoms with Gasteiger partial charge < -0.3 is 34.3 Å². The van der Waals surface area contributed by atoms with Crippen LogP contribution in [0.25, 0.3) is 0 Å². The Hall–Kier alpha value is -2.90. The van der Waals surface area contributed by atoms with Gasteiger partial charge in [0.15, 0.2) is 11.5 Å². The molecule has 11 heteroatoms. The molecule has 0 spiro atoms. The highest BCUT2D eigenvalue weighted by Crippen LogP contribution is 2.37. The van der Waals surface area contributed by atoms with Crippen LogP contribution in [-0.4, -0.2) is 71.7 Å². The van der Waals surface area contributed by atoms with E-state index in [2.05, 4.69) is 5.32 Å². The normalized spacial score (nSPS) is 19.2. The van der Waals surface area contributed by atoms with Gasteiger partial charge in [0, 0.05) is 42.6 Å². The Balaban J connectivity index is 2.01. The van der Waals surface area contributed by atoms with Crippen molar-refractivity contribution in [3.63, 3.8) is 0 Å². The summed E-state index contributed by atoms with van der Waals surface area (Å²) in [6, 6.07) is 4.07. The molecule has 3 N–H and O–H groups in total. The molecule has 36 heavy (non-hydrogen) atoms. The maximum Gasteiger partial charge on any atom is 0.247 e. The lowest BCUT2D eigenvalue weighted by atomic mass is 9.87. The number of aliphatic hydroxyl groups excluding tert-OH is 2. The van der Waals surface area contributed by atoms with E-state index in [9.17, 15) is 19.5 Å². The number of aldehydes is 1. The van der Waals surface area contributed by atoms with Crippen LogP contribution in [0.4, 0.5) is 0 Å². The molecule has 0 fully saturated rings. The van der Waals surface area contributed by atoms with Crippen LogP contribution in [0.15, 0.2) is 46.8 Å². The van der Waals surface area contributed by atoms with Crippen molar-refractivity contribution in [3.8, 4) is 11.5 Å². The molecule has 194 valence electrons. The predicted molar refractivity (Wildman–Crippen MR) is 138 cm³/mol. The summed E-state index contributed by atoms with van der Waals surface area (Å²) in [6.45, 7) is 1.73. The number of carbonyl (C=O) groups is 3. The van der Waals surface area contributed by atoms with Gasteiger partial charge in [0.2, 0.25) is 11.8 Å². The van der Waals surface area contributed by atoms with Gasteiger partial charge in [-0.3, -0.25) is 14.4 Å². The summed E-state index contributed by atoms with van der Waals surface area (Å²) in [4.78, 5) is 38.6. The Morgan fingerprint density at radius 2 is 2.14 bits per heavy atom. The Kier molecular flexibility index (Phi) is 9.90. The Morgan fingerprint density at radius 1 is 1.36 bits per heavy atom. The van der Waals surface area contributed by atoms with Crippen LogP contribution in [0.2, 0.25) is 0 Å². The van der Waals surface area contributed by atoms with E-state index in [0.29, 0.717) is 26.7 Å². The van der Waals surface area contributed by atoms with E-state index in [4.69, 9.17) is 19.0 Å². The van der Waals surface area contributed by atoms with Gasteiger partial charge in [-0.25, -0.2) is 0 Å². The topological polar surface area (TPSA) is 139 Å².